The van der Waals surface area contributed by atoms with Crippen molar-refractivity contribution < 1.29 is 15.1 Å². The van der Waals surface area contributed by atoms with E-state index in [4.69, 9.17) is 15.7 Å². The van der Waals surface area contributed by atoms with Crippen LogP contribution in [-0.2, 0) is 4.74 Å². The molecular formula is C11H18N4O3. The number of hydrogen-bond donors (Lipinski definition) is 3. The van der Waals surface area contributed by atoms with E-state index in [2.05, 4.69) is 10.1 Å². The predicted molar refractivity (Wildman–Crippen MR) is 67.9 cm³/mol. The van der Waals surface area contributed by atoms with Crippen LogP contribution in [0.5, 0.6) is 0 Å². The van der Waals surface area contributed by atoms with Crippen molar-refractivity contribution in [3.63, 3.8) is 0 Å². The largest absolute Gasteiger partial charge is 0.409 e. The van der Waals surface area contributed by atoms with E-state index < -0.39 is 6.10 Å². The summed E-state index contributed by atoms with van der Waals surface area (Å²) in [6, 6.07) is 3.31. The Labute approximate surface area is 105 Å². The number of hydrogen-bond acceptors (Lipinski definition) is 6. The van der Waals surface area contributed by atoms with E-state index >= 15 is 0 Å². The van der Waals surface area contributed by atoms with Gasteiger partial charge in [-0.3, -0.25) is 0 Å². The molecule has 100 valence electrons. The summed E-state index contributed by atoms with van der Waals surface area (Å²) < 4.78 is 4.85. The Balaban J connectivity index is 2.77. The van der Waals surface area contributed by atoms with Gasteiger partial charge in [-0.2, -0.15) is 0 Å². The number of aliphatic hydroxyl groups is 1. The maximum atomic E-state index is 9.62. The average molecular weight is 254 g/mol. The van der Waals surface area contributed by atoms with E-state index in [0.29, 0.717) is 17.9 Å². The third-order valence-corrected chi connectivity index (χ3v) is 2.38. The summed E-state index contributed by atoms with van der Waals surface area (Å²) in [6.45, 7) is 0.630. The Hall–Kier alpha value is -1.86. The van der Waals surface area contributed by atoms with E-state index in [9.17, 15) is 5.11 Å². The van der Waals surface area contributed by atoms with Crippen molar-refractivity contribution in [2.75, 3.05) is 32.2 Å². The number of amidine groups is 1. The SMILES string of the molecule is COCC(O)CN(C)c1cc(/C(N)=N/O)ccn1. The quantitative estimate of drug-likeness (QED) is 0.277. The normalized spacial score (nSPS) is 13.4. The number of pyridine rings is 1. The highest BCUT2D eigenvalue weighted by Gasteiger charge is 2.10. The highest BCUT2D eigenvalue weighted by Crippen LogP contribution is 2.11. The topological polar surface area (TPSA) is 104 Å². The lowest BCUT2D eigenvalue weighted by Gasteiger charge is -2.21. The molecule has 0 aliphatic carbocycles. The van der Waals surface area contributed by atoms with Gasteiger partial charge in [0.25, 0.3) is 0 Å². The molecule has 0 saturated heterocycles. The van der Waals surface area contributed by atoms with Crippen LogP contribution in [0.25, 0.3) is 0 Å². The Morgan fingerprint density at radius 2 is 2.39 bits per heavy atom. The second-order valence-electron chi connectivity index (χ2n) is 3.88. The summed E-state index contributed by atoms with van der Waals surface area (Å²) >= 11 is 0. The minimum absolute atomic E-state index is 0.0180. The summed E-state index contributed by atoms with van der Waals surface area (Å²) in [6.07, 6.45) is 0.955. The lowest BCUT2D eigenvalue weighted by Crippen LogP contribution is -2.32. The molecule has 7 heteroatoms. The van der Waals surface area contributed by atoms with Gasteiger partial charge < -0.3 is 25.7 Å². The van der Waals surface area contributed by atoms with Gasteiger partial charge in [-0.05, 0) is 12.1 Å². The van der Waals surface area contributed by atoms with Crippen molar-refractivity contribution in [3.8, 4) is 0 Å². The lowest BCUT2D eigenvalue weighted by molar-refractivity contribution is 0.0694. The van der Waals surface area contributed by atoms with E-state index in [1.165, 1.54) is 7.11 Å². The molecule has 1 heterocycles. The van der Waals surface area contributed by atoms with E-state index in [0.717, 1.165) is 0 Å². The van der Waals surface area contributed by atoms with Crippen molar-refractivity contribution in [1.82, 2.24) is 4.98 Å². The molecule has 4 N–H and O–H groups in total. The second kappa shape index (κ2) is 6.77. The van der Waals surface area contributed by atoms with Crippen LogP contribution in [0.1, 0.15) is 5.56 Å². The summed E-state index contributed by atoms with van der Waals surface area (Å²) in [5, 5.41) is 21.2. The molecule has 1 aromatic heterocycles. The van der Waals surface area contributed by atoms with Crippen molar-refractivity contribution in [2.45, 2.75) is 6.10 Å². The second-order valence-corrected chi connectivity index (χ2v) is 3.88. The van der Waals surface area contributed by atoms with Gasteiger partial charge in [0.1, 0.15) is 5.82 Å². The molecule has 1 aromatic rings. The zero-order valence-electron chi connectivity index (χ0n) is 10.4. The smallest absolute Gasteiger partial charge is 0.170 e. The van der Waals surface area contributed by atoms with Crippen LogP contribution >= 0.6 is 0 Å². The Kier molecular flexibility index (Phi) is 5.34. The summed E-state index contributed by atoms with van der Waals surface area (Å²) in [4.78, 5) is 5.91. The minimum Gasteiger partial charge on any atom is -0.409 e. The van der Waals surface area contributed by atoms with Crippen LogP contribution in [-0.4, -0.2) is 54.5 Å². The molecule has 0 bridgehead atoms. The van der Waals surface area contributed by atoms with Gasteiger partial charge in [0, 0.05) is 32.5 Å². The molecule has 0 fully saturated rings. The zero-order chi connectivity index (χ0) is 13.5. The molecule has 0 radical (unpaired) electrons. The highest BCUT2D eigenvalue weighted by atomic mass is 16.5. The first-order chi connectivity index (χ1) is 8.58. The number of ether oxygens (including phenoxy) is 1. The molecule has 0 aliphatic heterocycles. The third kappa shape index (κ3) is 3.86. The first-order valence-electron chi connectivity index (χ1n) is 5.40. The minimum atomic E-state index is -0.602. The maximum Gasteiger partial charge on any atom is 0.170 e. The lowest BCUT2D eigenvalue weighted by atomic mass is 10.2. The summed E-state index contributed by atoms with van der Waals surface area (Å²) in [7, 11) is 3.32. The van der Waals surface area contributed by atoms with Crippen molar-refractivity contribution in [2.24, 2.45) is 10.9 Å². The number of oxime groups is 1. The molecule has 0 amide bonds. The van der Waals surface area contributed by atoms with Gasteiger partial charge in [0.2, 0.25) is 0 Å². The van der Waals surface area contributed by atoms with Crippen LogP contribution in [0, 0.1) is 0 Å². The van der Waals surface area contributed by atoms with Crippen LogP contribution in [0.15, 0.2) is 23.5 Å². The van der Waals surface area contributed by atoms with Crippen molar-refractivity contribution in [1.29, 1.82) is 0 Å². The number of nitrogens with zero attached hydrogens (tertiary/aromatic N) is 3. The fourth-order valence-corrected chi connectivity index (χ4v) is 1.50. The Morgan fingerprint density at radius 3 is 3.00 bits per heavy atom. The number of anilines is 1. The highest BCUT2D eigenvalue weighted by molar-refractivity contribution is 5.97. The van der Waals surface area contributed by atoms with Crippen molar-refractivity contribution >= 4 is 11.7 Å². The molecule has 1 rings (SSSR count). The van der Waals surface area contributed by atoms with Gasteiger partial charge in [-0.15, -0.1) is 0 Å². The molecule has 1 unspecified atom stereocenters. The summed E-state index contributed by atoms with van der Waals surface area (Å²) in [5.74, 6) is 0.638. The number of nitrogens with two attached hydrogens (primary N) is 1. The fourth-order valence-electron chi connectivity index (χ4n) is 1.50. The Bertz CT molecular complexity index is 411. The molecule has 7 nitrogen and oxygen atoms in total. The van der Waals surface area contributed by atoms with Gasteiger partial charge in [0.05, 0.1) is 12.7 Å². The zero-order valence-corrected chi connectivity index (χ0v) is 10.4. The van der Waals surface area contributed by atoms with Crippen LogP contribution in [0.3, 0.4) is 0 Å². The molecule has 18 heavy (non-hydrogen) atoms. The Morgan fingerprint density at radius 1 is 1.67 bits per heavy atom. The monoisotopic (exact) mass is 254 g/mol. The number of likely N-dealkylation sites (N-methyl/N-ethyl adjacent to an activating group) is 1. The van der Waals surface area contributed by atoms with E-state index in [1.807, 2.05) is 0 Å². The first kappa shape index (κ1) is 14.2. The predicted octanol–water partition coefficient (Wildman–Crippen LogP) is -0.380. The third-order valence-electron chi connectivity index (χ3n) is 2.38. The standard InChI is InChI=1S/C11H18N4O3/c1-15(6-9(16)7-18-2)10-5-8(3-4-13-10)11(12)14-17/h3-5,9,16-17H,6-7H2,1-2H3,(H2,12,14). The van der Waals surface area contributed by atoms with Crippen LogP contribution < -0.4 is 10.6 Å². The molecule has 0 aliphatic rings. The summed E-state index contributed by atoms with van der Waals surface area (Å²) in [5.41, 5.74) is 6.06. The van der Waals surface area contributed by atoms with Gasteiger partial charge in [0.15, 0.2) is 5.84 Å². The van der Waals surface area contributed by atoms with Gasteiger partial charge in [-0.25, -0.2) is 4.98 Å². The van der Waals surface area contributed by atoms with E-state index in [1.54, 1.807) is 30.3 Å². The number of rotatable bonds is 6. The van der Waals surface area contributed by atoms with E-state index in [-0.39, 0.29) is 12.4 Å². The molecule has 1 atom stereocenters. The van der Waals surface area contributed by atoms with Gasteiger partial charge >= 0.3 is 0 Å². The fraction of sp³-hybridized carbons (Fsp3) is 0.455. The number of methoxy groups -OCH3 is 1. The molecular weight excluding hydrogens is 236 g/mol. The molecule has 0 spiro atoms. The average Bonchev–Trinajstić information content (AvgIpc) is 2.38. The van der Waals surface area contributed by atoms with Crippen LogP contribution in [0.4, 0.5) is 5.82 Å². The van der Waals surface area contributed by atoms with Crippen molar-refractivity contribution in [3.05, 3.63) is 23.9 Å². The number of aromatic nitrogens is 1. The molecule has 0 aromatic carbocycles. The maximum absolute atomic E-state index is 9.62. The van der Waals surface area contributed by atoms with Crippen LogP contribution in [0.2, 0.25) is 0 Å². The number of aliphatic hydroxyl groups excluding tert-OH is 1. The van der Waals surface area contributed by atoms with Gasteiger partial charge in [-0.1, -0.05) is 5.16 Å². The first-order valence-corrected chi connectivity index (χ1v) is 5.40. The molecule has 0 saturated carbocycles.